The first-order valence-corrected chi connectivity index (χ1v) is 10.3. The van der Waals surface area contributed by atoms with Gasteiger partial charge < -0.3 is 4.74 Å². The van der Waals surface area contributed by atoms with Crippen LogP contribution in [0.5, 0.6) is 5.75 Å². The molecule has 0 spiro atoms. The Balaban J connectivity index is 1.72. The van der Waals surface area contributed by atoms with E-state index in [4.69, 9.17) is 4.74 Å². The van der Waals surface area contributed by atoms with E-state index < -0.39 is 5.82 Å². The van der Waals surface area contributed by atoms with Gasteiger partial charge in [0.15, 0.2) is 11.6 Å². The van der Waals surface area contributed by atoms with Gasteiger partial charge in [-0.15, -0.1) is 0 Å². The van der Waals surface area contributed by atoms with Crippen LogP contribution in [-0.4, -0.2) is 6.61 Å². The molecule has 0 saturated heterocycles. The van der Waals surface area contributed by atoms with Crippen LogP contribution < -0.4 is 4.74 Å². The molecule has 0 heterocycles. The monoisotopic (exact) mass is 372 g/mol. The highest BCUT2D eigenvalue weighted by Crippen LogP contribution is 2.39. The third-order valence-corrected chi connectivity index (χ3v) is 5.71. The van der Waals surface area contributed by atoms with Crippen LogP contribution in [-0.2, 0) is 0 Å². The molecule has 0 aromatic heterocycles. The van der Waals surface area contributed by atoms with Crippen LogP contribution in [0.3, 0.4) is 0 Å². The summed E-state index contributed by atoms with van der Waals surface area (Å²) in [6, 6.07) is 10.2. The van der Waals surface area contributed by atoms with Gasteiger partial charge in [0.1, 0.15) is 5.82 Å². The Morgan fingerprint density at radius 2 is 1.52 bits per heavy atom. The summed E-state index contributed by atoms with van der Waals surface area (Å²) < 4.78 is 34.4. The zero-order valence-electron chi connectivity index (χ0n) is 16.4. The summed E-state index contributed by atoms with van der Waals surface area (Å²) in [6.45, 7) is 4.70. The maximum atomic E-state index is 14.8. The second-order valence-electron chi connectivity index (χ2n) is 7.74. The van der Waals surface area contributed by atoms with Gasteiger partial charge in [-0.25, -0.2) is 8.78 Å². The Morgan fingerprint density at radius 1 is 0.852 bits per heavy atom. The average Bonchev–Trinajstić information content (AvgIpc) is 2.68. The molecule has 1 nitrogen and oxygen atoms in total. The first-order chi connectivity index (χ1) is 13.1. The molecule has 0 atom stereocenters. The molecule has 2 aromatic rings. The molecule has 146 valence electrons. The van der Waals surface area contributed by atoms with Gasteiger partial charge in [-0.1, -0.05) is 44.9 Å². The summed E-state index contributed by atoms with van der Waals surface area (Å²) in [5.74, 6) is 0.804. The highest BCUT2D eigenvalue weighted by Gasteiger charge is 2.24. The third kappa shape index (κ3) is 4.88. The van der Waals surface area contributed by atoms with E-state index >= 15 is 0 Å². The number of hydrogen-bond acceptors (Lipinski definition) is 1. The van der Waals surface area contributed by atoms with Crippen LogP contribution in [0.2, 0.25) is 0 Å². The van der Waals surface area contributed by atoms with Crippen molar-refractivity contribution in [2.75, 3.05) is 6.61 Å². The van der Waals surface area contributed by atoms with Gasteiger partial charge in [0.05, 0.1) is 6.61 Å². The van der Waals surface area contributed by atoms with Gasteiger partial charge in [-0.3, -0.25) is 0 Å². The molecule has 1 aliphatic rings. The van der Waals surface area contributed by atoms with E-state index in [-0.39, 0.29) is 11.6 Å². The summed E-state index contributed by atoms with van der Waals surface area (Å²) >= 11 is 0. The lowest BCUT2D eigenvalue weighted by molar-refractivity contribution is 0.301. The summed E-state index contributed by atoms with van der Waals surface area (Å²) in [7, 11) is 0. The smallest absolute Gasteiger partial charge is 0.165 e. The van der Waals surface area contributed by atoms with Crippen molar-refractivity contribution in [3.63, 3.8) is 0 Å². The van der Waals surface area contributed by atoms with Gasteiger partial charge in [0.25, 0.3) is 0 Å². The van der Waals surface area contributed by atoms with Crippen molar-refractivity contribution in [2.45, 2.75) is 64.7 Å². The van der Waals surface area contributed by atoms with E-state index in [2.05, 4.69) is 6.92 Å². The second kappa shape index (κ2) is 9.34. The van der Waals surface area contributed by atoms with Gasteiger partial charge in [0.2, 0.25) is 0 Å². The number of rotatable bonds is 7. The van der Waals surface area contributed by atoms with Gasteiger partial charge in [-0.2, -0.15) is 0 Å². The minimum absolute atomic E-state index is 0.168. The minimum Gasteiger partial charge on any atom is -0.491 e. The van der Waals surface area contributed by atoms with Gasteiger partial charge >= 0.3 is 0 Å². The number of halogens is 2. The Bertz CT molecular complexity index is 748. The van der Waals surface area contributed by atoms with Gasteiger partial charge in [-0.05, 0) is 78.8 Å². The molecule has 3 rings (SSSR count). The summed E-state index contributed by atoms with van der Waals surface area (Å²) in [5.41, 5.74) is 2.20. The predicted molar refractivity (Wildman–Crippen MR) is 107 cm³/mol. The quantitative estimate of drug-likeness (QED) is 0.489. The molecule has 0 aliphatic heterocycles. The van der Waals surface area contributed by atoms with E-state index in [1.807, 2.05) is 19.1 Å². The van der Waals surface area contributed by atoms with Crippen molar-refractivity contribution in [1.29, 1.82) is 0 Å². The van der Waals surface area contributed by atoms with Crippen LogP contribution in [0.4, 0.5) is 8.78 Å². The average molecular weight is 372 g/mol. The Labute approximate surface area is 161 Å². The normalized spacial score (nSPS) is 19.9. The fraction of sp³-hybridized carbons (Fsp3) is 0.500. The molecular formula is C24H30F2O. The van der Waals surface area contributed by atoms with Crippen molar-refractivity contribution < 1.29 is 13.5 Å². The predicted octanol–water partition coefficient (Wildman–Crippen LogP) is 7.49. The highest BCUT2D eigenvalue weighted by molar-refractivity contribution is 5.65. The Morgan fingerprint density at radius 3 is 2.11 bits per heavy atom. The molecule has 1 saturated carbocycles. The number of ether oxygens (including phenoxy) is 1. The fourth-order valence-electron chi connectivity index (χ4n) is 4.22. The van der Waals surface area contributed by atoms with E-state index in [0.717, 1.165) is 30.7 Å². The maximum absolute atomic E-state index is 14.8. The van der Waals surface area contributed by atoms with E-state index in [1.165, 1.54) is 31.7 Å². The van der Waals surface area contributed by atoms with Crippen molar-refractivity contribution in [3.05, 3.63) is 53.6 Å². The molecule has 2 aromatic carbocycles. The molecular weight excluding hydrogens is 342 g/mol. The zero-order chi connectivity index (χ0) is 19.2. The molecule has 1 aliphatic carbocycles. The first-order valence-electron chi connectivity index (χ1n) is 10.3. The van der Waals surface area contributed by atoms with Crippen LogP contribution in [0.1, 0.15) is 70.3 Å². The highest BCUT2D eigenvalue weighted by atomic mass is 19.1. The van der Waals surface area contributed by atoms with E-state index in [9.17, 15) is 8.78 Å². The summed E-state index contributed by atoms with van der Waals surface area (Å²) in [4.78, 5) is 0. The summed E-state index contributed by atoms with van der Waals surface area (Å²) in [5, 5.41) is 0. The molecule has 0 amide bonds. The Hall–Kier alpha value is -1.90. The zero-order valence-corrected chi connectivity index (χ0v) is 16.4. The van der Waals surface area contributed by atoms with Crippen molar-refractivity contribution >= 4 is 0 Å². The molecule has 0 unspecified atom stereocenters. The fourth-order valence-corrected chi connectivity index (χ4v) is 4.22. The molecule has 0 radical (unpaired) electrons. The summed E-state index contributed by atoms with van der Waals surface area (Å²) in [6.07, 6.45) is 7.88. The second-order valence-corrected chi connectivity index (χ2v) is 7.74. The molecule has 3 heteroatoms. The lowest BCUT2D eigenvalue weighted by Crippen LogP contribution is -2.14. The van der Waals surface area contributed by atoms with Crippen molar-refractivity contribution in [1.82, 2.24) is 0 Å². The van der Waals surface area contributed by atoms with Crippen LogP contribution in [0.25, 0.3) is 11.1 Å². The first kappa shape index (κ1) is 19.9. The van der Waals surface area contributed by atoms with Crippen LogP contribution >= 0.6 is 0 Å². The van der Waals surface area contributed by atoms with E-state index in [0.29, 0.717) is 23.7 Å². The number of hydrogen-bond donors (Lipinski definition) is 0. The largest absolute Gasteiger partial charge is 0.491 e. The van der Waals surface area contributed by atoms with Crippen molar-refractivity contribution in [2.24, 2.45) is 5.92 Å². The lowest BCUT2D eigenvalue weighted by atomic mass is 9.77. The van der Waals surface area contributed by atoms with Crippen LogP contribution in [0, 0.1) is 17.6 Å². The maximum Gasteiger partial charge on any atom is 0.165 e. The molecule has 1 fully saturated rings. The third-order valence-electron chi connectivity index (χ3n) is 5.71. The van der Waals surface area contributed by atoms with Gasteiger partial charge in [0, 0.05) is 0 Å². The van der Waals surface area contributed by atoms with Crippen LogP contribution in [0.15, 0.2) is 36.4 Å². The molecule has 27 heavy (non-hydrogen) atoms. The standard InChI is InChI=1S/C24H30F2O/c1-3-5-17-6-8-18(9-7-17)21-12-10-19(15-22(21)25)20-11-13-24(23(26)16-20)27-14-4-2/h10-13,15-18H,3-9,14H2,1-2H3/t17-,18-. The number of benzene rings is 2. The minimum atomic E-state index is -0.403. The van der Waals surface area contributed by atoms with E-state index in [1.54, 1.807) is 18.2 Å². The SMILES string of the molecule is CCCOc1ccc(-c2ccc([C@H]3CC[C@H](CCC)CC3)c(F)c2)cc1F. The molecule has 0 bridgehead atoms. The Kier molecular flexibility index (Phi) is 6.87. The molecule has 0 N–H and O–H groups in total. The van der Waals surface area contributed by atoms with Crippen molar-refractivity contribution in [3.8, 4) is 16.9 Å². The lowest BCUT2D eigenvalue weighted by Gasteiger charge is -2.29. The topological polar surface area (TPSA) is 9.23 Å².